The number of amides is 1. The van der Waals surface area contributed by atoms with E-state index in [1.165, 1.54) is 18.4 Å². The number of fused-ring (bicyclic) bond motifs is 4. The van der Waals surface area contributed by atoms with Crippen molar-refractivity contribution >= 4 is 5.91 Å². The summed E-state index contributed by atoms with van der Waals surface area (Å²) in [6, 6.07) is 10.5. The number of likely N-dealkylation sites (tertiary alicyclic amines) is 1. The van der Waals surface area contributed by atoms with Crippen molar-refractivity contribution in [2.24, 2.45) is 23.7 Å². The predicted octanol–water partition coefficient (Wildman–Crippen LogP) is 3.36. The zero-order valence-corrected chi connectivity index (χ0v) is 18.3. The summed E-state index contributed by atoms with van der Waals surface area (Å²) in [4.78, 5) is 24.7. The van der Waals surface area contributed by atoms with Crippen LogP contribution >= 0.6 is 0 Å². The Bertz CT molecular complexity index is 769. The highest BCUT2D eigenvalue weighted by atomic mass is 16.7. The van der Waals surface area contributed by atoms with E-state index >= 15 is 0 Å². The summed E-state index contributed by atoms with van der Waals surface area (Å²) in [5.41, 5.74) is 1.07. The number of hydrogen-bond acceptors (Lipinski definition) is 4. The third kappa shape index (κ3) is 2.88. The van der Waals surface area contributed by atoms with Gasteiger partial charge in [0, 0.05) is 38.5 Å². The van der Waals surface area contributed by atoms with Crippen molar-refractivity contribution in [1.82, 2.24) is 14.9 Å². The molecule has 0 N–H and O–H groups in total. The maximum atomic E-state index is 13.5. The fraction of sp³-hybridized carbons (Fsp3) is 0.708. The molecule has 1 saturated carbocycles. The second-order valence-corrected chi connectivity index (χ2v) is 10.3. The van der Waals surface area contributed by atoms with Crippen molar-refractivity contribution in [3.63, 3.8) is 0 Å². The second kappa shape index (κ2) is 7.07. The lowest BCUT2D eigenvalue weighted by molar-refractivity contribution is -0.264. The van der Waals surface area contributed by atoms with Crippen LogP contribution in [0.25, 0.3) is 0 Å². The highest BCUT2D eigenvalue weighted by Crippen LogP contribution is 2.54. The van der Waals surface area contributed by atoms with Crippen LogP contribution in [0.15, 0.2) is 30.3 Å². The van der Waals surface area contributed by atoms with Gasteiger partial charge < -0.3 is 4.90 Å². The first-order valence-corrected chi connectivity index (χ1v) is 11.4. The maximum absolute atomic E-state index is 13.5. The Balaban J connectivity index is 1.40. The first kappa shape index (κ1) is 19.5. The van der Waals surface area contributed by atoms with Gasteiger partial charge >= 0.3 is 0 Å². The average molecular weight is 398 g/mol. The molecule has 1 aromatic rings. The maximum Gasteiger partial charge on any atom is 0.244 e. The molecule has 3 saturated heterocycles. The van der Waals surface area contributed by atoms with Crippen LogP contribution in [0.5, 0.6) is 0 Å². The summed E-state index contributed by atoms with van der Waals surface area (Å²) in [7, 11) is 2.03. The molecule has 5 rings (SSSR count). The van der Waals surface area contributed by atoms with Gasteiger partial charge in [0.2, 0.25) is 5.91 Å². The third-order valence-corrected chi connectivity index (χ3v) is 8.10. The summed E-state index contributed by atoms with van der Waals surface area (Å²) in [6.07, 6.45) is 3.60. The molecule has 158 valence electrons. The third-order valence-electron chi connectivity index (χ3n) is 8.10. The molecule has 1 aromatic carbocycles. The molecule has 3 heterocycles. The molecule has 4 aliphatic rings. The van der Waals surface area contributed by atoms with E-state index in [9.17, 15) is 4.79 Å². The number of rotatable bonds is 3. The average Bonchev–Trinajstić information content (AvgIpc) is 3.29. The molecule has 4 fully saturated rings. The number of carbonyl (C=O) groups excluding carboxylic acids is 1. The Morgan fingerprint density at radius 2 is 1.93 bits per heavy atom. The predicted molar refractivity (Wildman–Crippen MR) is 113 cm³/mol. The van der Waals surface area contributed by atoms with E-state index in [0.29, 0.717) is 17.8 Å². The molecule has 6 atom stereocenters. The lowest BCUT2D eigenvalue weighted by Crippen LogP contribution is -2.61. The smallest absolute Gasteiger partial charge is 0.244 e. The second-order valence-electron chi connectivity index (χ2n) is 10.3. The SMILES string of the molecule is CC(C)[C@@H]1CC[C@@H](C)C[C@@]12N(C)C(=O)[C@@H]1[C@H]3CN(Cc4ccccc4)C[C@H]3ON12. The molecule has 29 heavy (non-hydrogen) atoms. The van der Waals surface area contributed by atoms with Crippen LogP contribution < -0.4 is 0 Å². The van der Waals surface area contributed by atoms with E-state index in [1.54, 1.807) is 0 Å². The van der Waals surface area contributed by atoms with Gasteiger partial charge in [-0.15, -0.1) is 5.06 Å². The van der Waals surface area contributed by atoms with Gasteiger partial charge in [0.05, 0.1) is 6.10 Å². The summed E-state index contributed by atoms with van der Waals surface area (Å²) in [5, 5.41) is 2.20. The largest absolute Gasteiger partial charge is 0.323 e. The quantitative estimate of drug-likeness (QED) is 0.784. The summed E-state index contributed by atoms with van der Waals surface area (Å²) in [5.74, 6) is 2.18. The number of hydroxylamine groups is 2. The first-order valence-electron chi connectivity index (χ1n) is 11.4. The van der Waals surface area contributed by atoms with Crippen LogP contribution in [0.4, 0.5) is 0 Å². The van der Waals surface area contributed by atoms with Gasteiger partial charge in [-0.1, -0.05) is 57.5 Å². The van der Waals surface area contributed by atoms with Gasteiger partial charge in [0.1, 0.15) is 11.7 Å². The molecule has 5 heteroatoms. The molecule has 0 radical (unpaired) electrons. The number of carbonyl (C=O) groups is 1. The summed E-state index contributed by atoms with van der Waals surface area (Å²) in [6.45, 7) is 9.76. The van der Waals surface area contributed by atoms with Gasteiger partial charge in [-0.3, -0.25) is 14.5 Å². The molecule has 1 aliphatic carbocycles. The highest BCUT2D eigenvalue weighted by Gasteiger charge is 2.68. The zero-order chi connectivity index (χ0) is 20.3. The Morgan fingerprint density at radius 1 is 1.17 bits per heavy atom. The van der Waals surface area contributed by atoms with Crippen LogP contribution in [0.3, 0.4) is 0 Å². The molecular formula is C24H35N3O2. The number of hydrogen-bond donors (Lipinski definition) is 0. The van der Waals surface area contributed by atoms with Crippen molar-refractivity contribution in [2.45, 2.75) is 64.4 Å². The summed E-state index contributed by atoms with van der Waals surface area (Å²) >= 11 is 0. The van der Waals surface area contributed by atoms with Crippen molar-refractivity contribution in [1.29, 1.82) is 0 Å². The van der Waals surface area contributed by atoms with Crippen molar-refractivity contribution in [2.75, 3.05) is 20.1 Å². The van der Waals surface area contributed by atoms with E-state index in [-0.39, 0.29) is 29.6 Å². The zero-order valence-electron chi connectivity index (χ0n) is 18.3. The molecule has 0 unspecified atom stereocenters. The minimum absolute atomic E-state index is 0.114. The van der Waals surface area contributed by atoms with Crippen molar-refractivity contribution in [3.8, 4) is 0 Å². The minimum atomic E-state index is -0.262. The van der Waals surface area contributed by atoms with Crippen LogP contribution in [0.1, 0.15) is 45.6 Å². The Labute approximate surface area is 174 Å². The van der Waals surface area contributed by atoms with Crippen LogP contribution in [-0.2, 0) is 16.2 Å². The van der Waals surface area contributed by atoms with Gasteiger partial charge in [-0.25, -0.2) is 0 Å². The first-order chi connectivity index (χ1) is 13.9. The van der Waals surface area contributed by atoms with Crippen LogP contribution in [-0.4, -0.2) is 58.7 Å². The van der Waals surface area contributed by atoms with Crippen LogP contribution in [0, 0.1) is 23.7 Å². The molecule has 1 amide bonds. The number of benzene rings is 1. The number of likely N-dealkylation sites (N-methyl/N-ethyl adjacent to an activating group) is 1. The van der Waals surface area contributed by atoms with Crippen LogP contribution in [0.2, 0.25) is 0 Å². The standard InChI is InChI=1S/C24H35N3O2/c1-16(2)20-11-10-17(3)12-24(20)25(4)23(28)22-19-14-26(15-21(19)29-27(22)24)13-18-8-6-5-7-9-18/h5-9,16-17,19-22H,10-15H2,1-4H3/t17-,19+,20+,21-,22+,24+/m1/s1. The number of nitrogens with zero attached hydrogens (tertiary/aromatic N) is 3. The molecule has 1 spiro atoms. The van der Waals surface area contributed by atoms with E-state index in [0.717, 1.165) is 26.1 Å². The minimum Gasteiger partial charge on any atom is -0.323 e. The van der Waals surface area contributed by atoms with Crippen molar-refractivity contribution < 1.29 is 9.63 Å². The fourth-order valence-electron chi connectivity index (χ4n) is 6.77. The molecule has 0 aromatic heterocycles. The summed E-state index contributed by atoms with van der Waals surface area (Å²) < 4.78 is 0. The monoisotopic (exact) mass is 397 g/mol. The molecule has 5 nitrogen and oxygen atoms in total. The van der Waals surface area contributed by atoms with E-state index in [1.807, 2.05) is 7.05 Å². The normalized spacial score (nSPS) is 40.2. The Hall–Kier alpha value is -1.43. The van der Waals surface area contributed by atoms with Crippen molar-refractivity contribution in [3.05, 3.63) is 35.9 Å². The highest BCUT2D eigenvalue weighted by molar-refractivity contribution is 5.85. The Morgan fingerprint density at radius 3 is 2.66 bits per heavy atom. The van der Waals surface area contributed by atoms with Gasteiger partial charge in [0.15, 0.2) is 0 Å². The van der Waals surface area contributed by atoms with Gasteiger partial charge in [0.25, 0.3) is 0 Å². The van der Waals surface area contributed by atoms with E-state index < -0.39 is 0 Å². The Kier molecular flexibility index (Phi) is 4.76. The fourth-order valence-corrected chi connectivity index (χ4v) is 6.77. The topological polar surface area (TPSA) is 36.0 Å². The molecule has 0 bridgehead atoms. The van der Waals surface area contributed by atoms with Gasteiger partial charge in [-0.2, -0.15) is 0 Å². The lowest BCUT2D eigenvalue weighted by Gasteiger charge is -2.52. The van der Waals surface area contributed by atoms with E-state index in [2.05, 4.69) is 66.0 Å². The van der Waals surface area contributed by atoms with Gasteiger partial charge in [-0.05, 0) is 30.2 Å². The molecule has 3 aliphatic heterocycles. The molecular weight excluding hydrogens is 362 g/mol. The lowest BCUT2D eigenvalue weighted by atomic mass is 9.69. The van der Waals surface area contributed by atoms with E-state index in [4.69, 9.17) is 4.84 Å².